The molecule has 0 amide bonds. The Morgan fingerprint density at radius 3 is 1.20 bits per heavy atom. The number of nitrogens with zero attached hydrogens (tertiary/aromatic N) is 3. The van der Waals surface area contributed by atoms with Crippen LogP contribution >= 0.6 is 0 Å². The third-order valence-corrected chi connectivity index (χ3v) is 20.7. The molecule has 89 heavy (non-hydrogen) atoms. The molecule has 0 saturated heterocycles. The van der Waals surface area contributed by atoms with Crippen molar-refractivity contribution in [2.45, 2.75) is 82.1 Å². The molecule has 2 atom stereocenters. The quantitative estimate of drug-likeness (QED) is 0.111. The molecule has 0 N–H and O–H groups in total. The molecule has 11 aromatic rings. The lowest BCUT2D eigenvalue weighted by molar-refractivity contribution is -0.138. The maximum Gasteiger partial charge on any atom is 0.416 e. The molecule has 11 aromatic carbocycles. The van der Waals surface area contributed by atoms with Crippen LogP contribution in [-0.2, 0) is 23.2 Å². The minimum absolute atomic E-state index is 0.291. The molecule has 10 heteroatoms. The van der Waals surface area contributed by atoms with Crippen molar-refractivity contribution < 1.29 is 26.3 Å². The van der Waals surface area contributed by atoms with E-state index in [1.165, 1.54) is 41.0 Å². The lowest BCUT2D eigenvalue weighted by atomic mass is 9.28. The first-order valence-electron chi connectivity index (χ1n) is 30.7. The van der Waals surface area contributed by atoms with Gasteiger partial charge in [-0.2, -0.15) is 26.3 Å². The van der Waals surface area contributed by atoms with Crippen molar-refractivity contribution in [1.29, 1.82) is 0 Å². The second kappa shape index (κ2) is 19.7. The topological polar surface area (TPSA) is 9.72 Å². The summed E-state index contributed by atoms with van der Waals surface area (Å²) < 4.78 is 87.3. The van der Waals surface area contributed by atoms with Crippen molar-refractivity contribution in [1.82, 2.24) is 0 Å². The van der Waals surface area contributed by atoms with Crippen LogP contribution in [0.1, 0.15) is 81.2 Å². The van der Waals surface area contributed by atoms with Gasteiger partial charge < -0.3 is 14.7 Å². The van der Waals surface area contributed by atoms with E-state index in [1.807, 2.05) is 60.7 Å². The minimum atomic E-state index is -4.54. The summed E-state index contributed by atoms with van der Waals surface area (Å²) >= 11 is 0. The fourth-order valence-electron chi connectivity index (χ4n) is 16.3. The van der Waals surface area contributed by atoms with E-state index in [-0.39, 0.29) is 12.1 Å². The molecule has 436 valence electrons. The number of fused-ring (bicyclic) bond motifs is 3. The van der Waals surface area contributed by atoms with E-state index in [9.17, 15) is 26.3 Å². The van der Waals surface area contributed by atoms with Gasteiger partial charge in [0.1, 0.15) is 0 Å². The molecule has 1 fully saturated rings. The lowest BCUT2D eigenvalue weighted by Gasteiger charge is -2.52. The van der Waals surface area contributed by atoms with Crippen LogP contribution in [0.4, 0.5) is 71.8 Å². The van der Waals surface area contributed by atoms with Crippen molar-refractivity contribution >= 4 is 68.6 Å². The molecule has 0 radical (unpaired) electrons. The zero-order valence-corrected chi connectivity index (χ0v) is 49.6. The van der Waals surface area contributed by atoms with E-state index in [2.05, 4.69) is 176 Å². The van der Waals surface area contributed by atoms with E-state index in [0.717, 1.165) is 132 Å². The van der Waals surface area contributed by atoms with Gasteiger partial charge in [0.05, 0.1) is 28.0 Å². The summed E-state index contributed by atoms with van der Waals surface area (Å²) in [6.07, 6.45) is -5.08. The van der Waals surface area contributed by atoms with E-state index in [1.54, 1.807) is 24.3 Å². The molecular formula is C79H60BF6N3. The molecule has 3 nitrogen and oxygen atoms in total. The third-order valence-electron chi connectivity index (χ3n) is 20.7. The summed E-state index contributed by atoms with van der Waals surface area (Å²) in [5.41, 5.74) is 20.5. The van der Waals surface area contributed by atoms with Gasteiger partial charge in [-0.3, -0.25) is 0 Å². The summed E-state index contributed by atoms with van der Waals surface area (Å²) in [6.45, 7) is 9.19. The zero-order valence-electron chi connectivity index (χ0n) is 49.6. The standard InChI is InChI=1S/C79H60BF6N3/c1-75(2)62-30-18-32-66-70(62)80-71-63(75)31-19-33-67(71)88(74-59(51-24-12-7-13-25-51)27-17-29-61(74)53-36-41-56(42-37-53)79(84,85)86)69-48-57(89-65-43-38-54(49-20-8-5-9-21-49)46-64(65)76(3)44-14-15-45-77(76,89)4)47-68(72(69)80)87(66)73-58(50-22-10-6-11-23-50)26-16-28-60(73)52-34-39-55(40-35-52)78(81,82)83/h5-13,16-43,46-48H,14-15,44-45H2,1-4H3. The average molecular weight is 1180 g/mol. The number of alkyl halides is 6. The van der Waals surface area contributed by atoms with Gasteiger partial charge >= 0.3 is 12.4 Å². The fraction of sp³-hybridized carbons (Fsp3) is 0.165. The fourth-order valence-corrected chi connectivity index (χ4v) is 16.3. The van der Waals surface area contributed by atoms with Crippen molar-refractivity contribution in [2.75, 3.05) is 14.7 Å². The van der Waals surface area contributed by atoms with E-state index in [0.29, 0.717) is 11.1 Å². The summed E-state index contributed by atoms with van der Waals surface area (Å²) in [7, 11) is 0. The van der Waals surface area contributed by atoms with Crippen LogP contribution in [0.5, 0.6) is 0 Å². The monoisotopic (exact) mass is 1180 g/mol. The lowest BCUT2D eigenvalue weighted by Crippen LogP contribution is -2.67. The Bertz CT molecular complexity index is 4430. The molecule has 1 saturated carbocycles. The van der Waals surface area contributed by atoms with Gasteiger partial charge in [-0.15, -0.1) is 0 Å². The Labute approximate surface area is 515 Å². The van der Waals surface area contributed by atoms with E-state index >= 15 is 0 Å². The highest BCUT2D eigenvalue weighted by Gasteiger charge is 2.59. The first kappa shape index (κ1) is 54.8. The van der Waals surface area contributed by atoms with Crippen LogP contribution < -0.4 is 31.1 Å². The highest BCUT2D eigenvalue weighted by atomic mass is 19.4. The largest absolute Gasteiger partial charge is 0.416 e. The molecule has 0 bridgehead atoms. The first-order valence-corrected chi connectivity index (χ1v) is 30.7. The molecule has 5 aliphatic rings. The highest BCUT2D eigenvalue weighted by Crippen LogP contribution is 2.63. The Morgan fingerprint density at radius 2 is 0.753 bits per heavy atom. The van der Waals surface area contributed by atoms with Crippen LogP contribution in [0.3, 0.4) is 0 Å². The Balaban J connectivity index is 1.07. The van der Waals surface area contributed by atoms with Gasteiger partial charge in [0, 0.05) is 67.2 Å². The number of hydrogen-bond acceptors (Lipinski definition) is 3. The SMILES string of the molecule is CC1(C)c2cccc3c2B2c4c(cc(N5c6ccc(-c7ccccc7)cc6C6(C)CCCCC56C)cc4N(c4c(-c5ccccc5)cccc4-c4ccc(C(F)(F)F)cc4)c4cccc1c42)N3c1c(-c2ccccc2)cccc1-c1ccc(C(F)(F)F)cc1. The average Bonchev–Trinajstić information content (AvgIpc) is 1.23. The van der Waals surface area contributed by atoms with Gasteiger partial charge in [0.25, 0.3) is 6.71 Å². The minimum Gasteiger partial charge on any atom is -0.334 e. The van der Waals surface area contributed by atoms with Crippen molar-refractivity contribution in [3.8, 4) is 55.6 Å². The Hall–Kier alpha value is -9.54. The van der Waals surface area contributed by atoms with Crippen LogP contribution in [0.15, 0.2) is 243 Å². The van der Waals surface area contributed by atoms with Crippen molar-refractivity contribution in [2.24, 2.45) is 0 Å². The molecular weight excluding hydrogens is 1120 g/mol. The smallest absolute Gasteiger partial charge is 0.334 e. The zero-order chi connectivity index (χ0) is 60.9. The van der Waals surface area contributed by atoms with Crippen molar-refractivity contribution in [3.05, 3.63) is 270 Å². The molecule has 2 unspecified atom stereocenters. The Kier molecular flexibility index (Phi) is 12.2. The molecule has 4 heterocycles. The maximum absolute atomic E-state index is 14.5. The number of benzene rings is 11. The van der Waals surface area contributed by atoms with Crippen LogP contribution in [0.25, 0.3) is 55.6 Å². The van der Waals surface area contributed by atoms with Gasteiger partial charge in [0.2, 0.25) is 0 Å². The second-order valence-corrected chi connectivity index (χ2v) is 25.6. The summed E-state index contributed by atoms with van der Waals surface area (Å²) in [6, 6.07) is 79.6. The maximum atomic E-state index is 14.5. The van der Waals surface area contributed by atoms with Gasteiger partial charge in [-0.05, 0) is 147 Å². The van der Waals surface area contributed by atoms with Crippen molar-refractivity contribution in [3.63, 3.8) is 0 Å². The summed E-state index contributed by atoms with van der Waals surface area (Å²) in [5.74, 6) is 0. The van der Waals surface area contributed by atoms with Crippen LogP contribution in [-0.4, -0.2) is 12.3 Å². The highest BCUT2D eigenvalue weighted by molar-refractivity contribution is 7.01. The van der Waals surface area contributed by atoms with Crippen LogP contribution in [0, 0.1) is 0 Å². The number of rotatable bonds is 8. The molecule has 0 spiro atoms. The first-order chi connectivity index (χ1) is 42.9. The van der Waals surface area contributed by atoms with E-state index < -0.39 is 34.4 Å². The van der Waals surface area contributed by atoms with E-state index in [4.69, 9.17) is 0 Å². The van der Waals surface area contributed by atoms with Gasteiger partial charge in [0.15, 0.2) is 0 Å². The summed E-state index contributed by atoms with van der Waals surface area (Å²) in [5, 5.41) is 0. The molecule has 0 aromatic heterocycles. The number of halogens is 6. The molecule has 16 rings (SSSR count). The summed E-state index contributed by atoms with van der Waals surface area (Å²) in [4.78, 5) is 7.49. The van der Waals surface area contributed by atoms with Crippen LogP contribution in [0.2, 0.25) is 0 Å². The third kappa shape index (κ3) is 8.14. The molecule has 1 aliphatic carbocycles. The number of para-hydroxylation sites is 2. The Morgan fingerprint density at radius 1 is 0.348 bits per heavy atom. The number of hydrogen-bond donors (Lipinski definition) is 0. The predicted octanol–water partition coefficient (Wildman–Crippen LogP) is 20.5. The second-order valence-electron chi connectivity index (χ2n) is 25.6. The predicted molar refractivity (Wildman–Crippen MR) is 353 cm³/mol. The normalized spacial score (nSPS) is 18.4. The molecule has 4 aliphatic heterocycles. The van der Waals surface area contributed by atoms with Gasteiger partial charge in [-0.25, -0.2) is 0 Å². The number of anilines is 8. The van der Waals surface area contributed by atoms with Gasteiger partial charge in [-0.1, -0.05) is 216 Å².